The van der Waals surface area contributed by atoms with Gasteiger partial charge in [-0.2, -0.15) is 0 Å². The van der Waals surface area contributed by atoms with Crippen LogP contribution in [0.4, 0.5) is 0 Å². The molecule has 0 aliphatic heterocycles. The minimum absolute atomic E-state index is 0.438. The Labute approximate surface area is 108 Å². The van der Waals surface area contributed by atoms with Crippen LogP contribution in [0.2, 0.25) is 0 Å². The molecular formula is C13H14Br2. The first-order valence-electron chi connectivity index (χ1n) is 5.45. The quantitative estimate of drug-likeness (QED) is 0.633. The summed E-state index contributed by atoms with van der Waals surface area (Å²) in [5, 5.41) is 0. The number of halogens is 2. The van der Waals surface area contributed by atoms with Gasteiger partial charge in [0, 0.05) is 8.95 Å². The second-order valence-corrected chi connectivity index (χ2v) is 7.32. The molecule has 3 rings (SSSR count). The Morgan fingerprint density at radius 3 is 1.73 bits per heavy atom. The highest BCUT2D eigenvalue weighted by Gasteiger charge is 2.52. The maximum Gasteiger partial charge on any atom is 0.0320 e. The van der Waals surface area contributed by atoms with Gasteiger partial charge in [0.15, 0.2) is 0 Å². The Balaban J connectivity index is 2.30. The van der Waals surface area contributed by atoms with Gasteiger partial charge in [-0.3, -0.25) is 0 Å². The minimum atomic E-state index is 0.438. The fourth-order valence-electron chi connectivity index (χ4n) is 3.60. The van der Waals surface area contributed by atoms with Crippen molar-refractivity contribution in [1.29, 1.82) is 0 Å². The fourth-order valence-corrected chi connectivity index (χ4v) is 4.28. The van der Waals surface area contributed by atoms with Crippen LogP contribution in [0.5, 0.6) is 0 Å². The SMILES string of the molecule is CC12CC[C@@](C)(C1)c1cc(Br)c(Br)cc12. The maximum absolute atomic E-state index is 3.62. The van der Waals surface area contributed by atoms with E-state index in [1.807, 2.05) is 0 Å². The standard InChI is InChI=1S/C13H14Br2/c1-12-3-4-13(2,7-12)9-6-11(15)10(14)5-8(9)12/h5-6H,3-4,7H2,1-2H3/t12-,13?/m0/s1. The molecule has 0 aromatic heterocycles. The number of hydrogen-bond donors (Lipinski definition) is 0. The van der Waals surface area contributed by atoms with Gasteiger partial charge >= 0.3 is 0 Å². The number of rotatable bonds is 0. The van der Waals surface area contributed by atoms with E-state index in [1.165, 1.54) is 28.2 Å². The summed E-state index contributed by atoms with van der Waals surface area (Å²) in [6.45, 7) is 4.84. The third-order valence-electron chi connectivity index (χ3n) is 4.37. The van der Waals surface area contributed by atoms with Crippen LogP contribution in [0, 0.1) is 0 Å². The maximum atomic E-state index is 3.62. The van der Waals surface area contributed by atoms with E-state index in [9.17, 15) is 0 Å². The van der Waals surface area contributed by atoms with Crippen molar-refractivity contribution in [3.8, 4) is 0 Å². The predicted molar refractivity (Wildman–Crippen MR) is 70.4 cm³/mol. The first-order chi connectivity index (χ1) is 6.95. The van der Waals surface area contributed by atoms with Crippen LogP contribution >= 0.6 is 31.9 Å². The van der Waals surface area contributed by atoms with E-state index in [2.05, 4.69) is 57.8 Å². The highest BCUT2D eigenvalue weighted by atomic mass is 79.9. The van der Waals surface area contributed by atoms with E-state index in [1.54, 1.807) is 11.1 Å². The van der Waals surface area contributed by atoms with Gasteiger partial charge in [0.1, 0.15) is 0 Å². The largest absolute Gasteiger partial charge is 0.0555 e. The molecule has 0 spiro atoms. The average molecular weight is 330 g/mol. The molecule has 2 atom stereocenters. The van der Waals surface area contributed by atoms with Crippen molar-refractivity contribution in [2.45, 2.75) is 43.9 Å². The summed E-state index contributed by atoms with van der Waals surface area (Å²) in [6, 6.07) is 4.65. The molecule has 2 bridgehead atoms. The van der Waals surface area contributed by atoms with Crippen molar-refractivity contribution in [2.75, 3.05) is 0 Å². The number of hydrogen-bond acceptors (Lipinski definition) is 0. The molecule has 0 heterocycles. The van der Waals surface area contributed by atoms with Crippen LogP contribution in [0.1, 0.15) is 44.2 Å². The highest BCUT2D eigenvalue weighted by Crippen LogP contribution is 2.61. The van der Waals surface area contributed by atoms with Crippen molar-refractivity contribution in [3.63, 3.8) is 0 Å². The lowest BCUT2D eigenvalue weighted by Gasteiger charge is -2.27. The molecule has 80 valence electrons. The predicted octanol–water partition coefficient (Wildman–Crippen LogP) is 4.92. The zero-order valence-electron chi connectivity index (χ0n) is 9.03. The second kappa shape index (κ2) is 2.89. The average Bonchev–Trinajstić information content (AvgIpc) is 2.57. The topological polar surface area (TPSA) is 0 Å². The van der Waals surface area contributed by atoms with E-state index >= 15 is 0 Å². The van der Waals surface area contributed by atoms with Crippen molar-refractivity contribution in [2.24, 2.45) is 0 Å². The Bertz CT molecular complexity index is 411. The minimum Gasteiger partial charge on any atom is -0.0555 e. The summed E-state index contributed by atoms with van der Waals surface area (Å²) in [5.41, 5.74) is 4.03. The van der Waals surface area contributed by atoms with Gasteiger partial charge in [-0.05, 0) is 85.2 Å². The first kappa shape index (κ1) is 10.3. The van der Waals surface area contributed by atoms with Gasteiger partial charge in [0.05, 0.1) is 0 Å². The molecule has 1 fully saturated rings. The van der Waals surface area contributed by atoms with Gasteiger partial charge in [0.25, 0.3) is 0 Å². The molecule has 2 aliphatic carbocycles. The van der Waals surface area contributed by atoms with Crippen molar-refractivity contribution in [3.05, 3.63) is 32.2 Å². The molecule has 2 aliphatic rings. The van der Waals surface area contributed by atoms with Crippen LogP contribution in [-0.2, 0) is 10.8 Å². The summed E-state index contributed by atoms with van der Waals surface area (Å²) in [5.74, 6) is 0. The summed E-state index contributed by atoms with van der Waals surface area (Å²) in [6.07, 6.45) is 4.04. The van der Waals surface area contributed by atoms with E-state index < -0.39 is 0 Å². The Morgan fingerprint density at radius 1 is 0.933 bits per heavy atom. The third-order valence-corrected chi connectivity index (χ3v) is 6.21. The lowest BCUT2D eigenvalue weighted by molar-refractivity contribution is 0.484. The fraction of sp³-hybridized carbons (Fsp3) is 0.538. The molecule has 0 amide bonds. The van der Waals surface area contributed by atoms with Crippen LogP contribution in [0.3, 0.4) is 0 Å². The Kier molecular flexibility index (Phi) is 1.99. The zero-order chi connectivity index (χ0) is 10.8. The monoisotopic (exact) mass is 328 g/mol. The van der Waals surface area contributed by atoms with Crippen LogP contribution in [-0.4, -0.2) is 0 Å². The molecule has 1 aromatic carbocycles. The van der Waals surface area contributed by atoms with Gasteiger partial charge in [0.2, 0.25) is 0 Å². The van der Waals surface area contributed by atoms with Gasteiger partial charge in [-0.15, -0.1) is 0 Å². The smallest absolute Gasteiger partial charge is 0.0320 e. The summed E-state index contributed by atoms with van der Waals surface area (Å²) in [7, 11) is 0. The lowest BCUT2D eigenvalue weighted by Crippen LogP contribution is -2.17. The van der Waals surface area contributed by atoms with Crippen LogP contribution in [0.15, 0.2) is 21.1 Å². The van der Waals surface area contributed by atoms with Crippen LogP contribution in [0.25, 0.3) is 0 Å². The Morgan fingerprint density at radius 2 is 1.33 bits per heavy atom. The summed E-state index contributed by atoms with van der Waals surface area (Å²) in [4.78, 5) is 0. The molecule has 0 nitrogen and oxygen atoms in total. The molecule has 0 N–H and O–H groups in total. The van der Waals surface area contributed by atoms with Crippen molar-refractivity contribution < 1.29 is 0 Å². The molecule has 0 saturated heterocycles. The number of benzene rings is 1. The molecule has 0 radical (unpaired) electrons. The number of fused-ring (bicyclic) bond motifs is 5. The normalized spacial score (nSPS) is 37.1. The van der Waals surface area contributed by atoms with Gasteiger partial charge < -0.3 is 0 Å². The second-order valence-electron chi connectivity index (χ2n) is 5.61. The molecular weight excluding hydrogens is 316 g/mol. The first-order valence-corrected chi connectivity index (χ1v) is 7.03. The van der Waals surface area contributed by atoms with Gasteiger partial charge in [-0.25, -0.2) is 0 Å². The van der Waals surface area contributed by atoms with Crippen LogP contribution < -0.4 is 0 Å². The van der Waals surface area contributed by atoms with Crippen molar-refractivity contribution >= 4 is 31.9 Å². The summed E-state index contributed by atoms with van der Waals surface area (Å²) >= 11 is 7.23. The zero-order valence-corrected chi connectivity index (χ0v) is 12.2. The molecule has 1 unspecified atom stereocenters. The Hall–Kier alpha value is 0.180. The van der Waals surface area contributed by atoms with E-state index in [-0.39, 0.29) is 0 Å². The van der Waals surface area contributed by atoms with E-state index in [4.69, 9.17) is 0 Å². The molecule has 2 heteroatoms. The molecule has 15 heavy (non-hydrogen) atoms. The molecule has 1 saturated carbocycles. The van der Waals surface area contributed by atoms with E-state index in [0.717, 1.165) is 0 Å². The van der Waals surface area contributed by atoms with E-state index in [0.29, 0.717) is 10.8 Å². The summed E-state index contributed by atoms with van der Waals surface area (Å²) < 4.78 is 2.39. The lowest BCUT2D eigenvalue weighted by atomic mass is 9.78. The highest BCUT2D eigenvalue weighted by molar-refractivity contribution is 9.13. The van der Waals surface area contributed by atoms with Crippen molar-refractivity contribution in [1.82, 2.24) is 0 Å². The molecule has 1 aromatic rings. The van der Waals surface area contributed by atoms with Gasteiger partial charge in [-0.1, -0.05) is 13.8 Å². The third kappa shape index (κ3) is 1.24.